The third-order valence-corrected chi connectivity index (χ3v) is 6.28. The van der Waals surface area contributed by atoms with Crippen LogP contribution in [-0.4, -0.2) is 49.9 Å². The van der Waals surface area contributed by atoms with Gasteiger partial charge in [-0.05, 0) is 36.4 Å². The van der Waals surface area contributed by atoms with Gasteiger partial charge in [-0.25, -0.2) is 9.97 Å². The number of ether oxygens (including phenoxy) is 2. The summed E-state index contributed by atoms with van der Waals surface area (Å²) >= 11 is 6.47. The second kappa shape index (κ2) is 10.7. The summed E-state index contributed by atoms with van der Waals surface area (Å²) in [5.74, 6) is 2.04. The zero-order valence-corrected chi connectivity index (χ0v) is 20.5. The van der Waals surface area contributed by atoms with Gasteiger partial charge in [0.2, 0.25) is 5.91 Å². The zero-order chi connectivity index (χ0) is 24.9. The van der Waals surface area contributed by atoms with Crippen molar-refractivity contribution >= 4 is 39.9 Å². The molecule has 0 spiro atoms. The number of aromatic nitrogens is 4. The van der Waals surface area contributed by atoms with Gasteiger partial charge in [-0.3, -0.25) is 14.8 Å². The van der Waals surface area contributed by atoms with Crippen molar-refractivity contribution in [1.29, 1.82) is 0 Å². The minimum absolute atomic E-state index is 0.0623. The van der Waals surface area contributed by atoms with E-state index < -0.39 is 0 Å². The van der Waals surface area contributed by atoms with Crippen molar-refractivity contribution in [2.24, 2.45) is 0 Å². The number of anilines is 2. The first-order valence-electron chi connectivity index (χ1n) is 11.7. The molecule has 1 amide bonds. The predicted molar refractivity (Wildman–Crippen MR) is 137 cm³/mol. The molecule has 1 N–H and O–H groups in total. The summed E-state index contributed by atoms with van der Waals surface area (Å²) < 4.78 is 12.0. The second-order valence-electron chi connectivity index (χ2n) is 8.48. The maximum Gasteiger partial charge on any atom is 0.219 e. The van der Waals surface area contributed by atoms with E-state index in [1.807, 2.05) is 29.2 Å². The van der Waals surface area contributed by atoms with Crippen LogP contribution in [0.1, 0.15) is 25.5 Å². The van der Waals surface area contributed by atoms with Crippen LogP contribution in [0, 0.1) is 0 Å². The van der Waals surface area contributed by atoms with Gasteiger partial charge in [0, 0.05) is 56.3 Å². The van der Waals surface area contributed by atoms with Crippen molar-refractivity contribution in [2.45, 2.75) is 32.5 Å². The number of amides is 1. The van der Waals surface area contributed by atoms with Crippen molar-refractivity contribution in [3.8, 4) is 11.5 Å². The van der Waals surface area contributed by atoms with Crippen LogP contribution in [0.5, 0.6) is 11.5 Å². The molecule has 1 aliphatic rings. The van der Waals surface area contributed by atoms with E-state index in [9.17, 15) is 4.79 Å². The van der Waals surface area contributed by atoms with Crippen LogP contribution < -0.4 is 14.8 Å². The Hall–Kier alpha value is -3.98. The molecule has 4 aromatic rings. The molecular formula is C26H25ClN6O3. The first kappa shape index (κ1) is 23.7. The quantitative estimate of drug-likeness (QED) is 0.383. The highest BCUT2D eigenvalue weighted by atomic mass is 35.5. The number of carbonyl (C=O) groups is 1. The summed E-state index contributed by atoms with van der Waals surface area (Å²) in [6.07, 6.45) is 8.07. The summed E-state index contributed by atoms with van der Waals surface area (Å²) in [5, 5.41) is 4.61. The lowest BCUT2D eigenvalue weighted by Gasteiger charge is -2.31. The fraction of sp³-hybridized carbons (Fsp3) is 0.269. The predicted octanol–water partition coefficient (Wildman–Crippen LogP) is 4.79. The van der Waals surface area contributed by atoms with Crippen LogP contribution in [0.3, 0.4) is 0 Å². The Morgan fingerprint density at radius 3 is 2.72 bits per heavy atom. The van der Waals surface area contributed by atoms with E-state index in [-0.39, 0.29) is 18.6 Å². The molecule has 0 radical (unpaired) electrons. The molecule has 10 heteroatoms. The second-order valence-corrected chi connectivity index (χ2v) is 8.89. The molecule has 3 heterocycles. The van der Waals surface area contributed by atoms with E-state index in [4.69, 9.17) is 21.1 Å². The average molecular weight is 505 g/mol. The van der Waals surface area contributed by atoms with Crippen molar-refractivity contribution in [3.63, 3.8) is 0 Å². The lowest BCUT2D eigenvalue weighted by molar-refractivity contribution is -0.130. The number of rotatable bonds is 7. The number of benzene rings is 2. The Morgan fingerprint density at radius 1 is 1.11 bits per heavy atom. The normalized spacial score (nSPS) is 14.0. The van der Waals surface area contributed by atoms with E-state index >= 15 is 0 Å². The lowest BCUT2D eigenvalue weighted by atomic mass is 10.1. The van der Waals surface area contributed by atoms with Crippen LogP contribution in [0.25, 0.3) is 10.9 Å². The molecule has 0 saturated carbocycles. The van der Waals surface area contributed by atoms with Crippen LogP contribution >= 0.6 is 11.6 Å². The molecule has 184 valence electrons. The summed E-state index contributed by atoms with van der Waals surface area (Å²) in [7, 11) is 0. The van der Waals surface area contributed by atoms with E-state index in [1.165, 1.54) is 6.33 Å². The number of nitrogens with one attached hydrogen (secondary N) is 1. The Labute approximate surface area is 213 Å². The number of piperidine rings is 1. The number of hydrogen-bond donors (Lipinski definition) is 1. The largest absolute Gasteiger partial charge is 0.490 e. The number of likely N-dealkylation sites (tertiary alicyclic amines) is 1. The number of nitrogens with zero attached hydrogens (tertiary/aromatic N) is 5. The maximum atomic E-state index is 11.6. The molecule has 0 atom stereocenters. The van der Waals surface area contributed by atoms with Gasteiger partial charge in [-0.2, -0.15) is 0 Å². The van der Waals surface area contributed by atoms with Crippen molar-refractivity contribution in [1.82, 2.24) is 24.8 Å². The molecule has 2 aromatic heterocycles. The van der Waals surface area contributed by atoms with Crippen LogP contribution in [0.4, 0.5) is 11.5 Å². The zero-order valence-electron chi connectivity index (χ0n) is 19.7. The van der Waals surface area contributed by atoms with Crippen LogP contribution in [0.15, 0.2) is 61.3 Å². The minimum Gasteiger partial charge on any atom is -0.490 e. The van der Waals surface area contributed by atoms with Crippen molar-refractivity contribution in [3.05, 3.63) is 72.0 Å². The van der Waals surface area contributed by atoms with E-state index in [0.29, 0.717) is 35.4 Å². The van der Waals surface area contributed by atoms with Gasteiger partial charge in [0.15, 0.2) is 0 Å². The highest BCUT2D eigenvalue weighted by molar-refractivity contribution is 6.32. The third-order valence-electron chi connectivity index (χ3n) is 5.98. The average Bonchev–Trinajstić information content (AvgIpc) is 2.89. The highest BCUT2D eigenvalue weighted by Crippen LogP contribution is 2.32. The van der Waals surface area contributed by atoms with Crippen molar-refractivity contribution in [2.75, 3.05) is 18.4 Å². The van der Waals surface area contributed by atoms with E-state index in [0.717, 1.165) is 35.2 Å². The molecule has 9 nitrogen and oxygen atoms in total. The molecule has 0 aliphatic carbocycles. The standard InChI is InChI=1S/C26H25ClN6O3/c1-17(34)33-10-6-20(7-11-33)36-21-3-4-24-22(13-21)26(31-16-30-24)32-18-2-5-25(23(27)12-18)35-15-19-14-28-8-9-29-19/h2-5,8-9,12-14,16,20H,6-7,10-11,15H2,1H3,(H,30,31,32). The minimum atomic E-state index is 0.0623. The topological polar surface area (TPSA) is 102 Å². The van der Waals surface area contributed by atoms with Gasteiger partial charge in [-0.15, -0.1) is 0 Å². The number of fused-ring (bicyclic) bond motifs is 1. The summed E-state index contributed by atoms with van der Waals surface area (Å²) in [4.78, 5) is 30.5. The van der Waals surface area contributed by atoms with Crippen LogP contribution in [0.2, 0.25) is 5.02 Å². The fourth-order valence-corrected chi connectivity index (χ4v) is 4.31. The Kier molecular flexibility index (Phi) is 7.08. The Morgan fingerprint density at radius 2 is 1.97 bits per heavy atom. The number of carbonyl (C=O) groups excluding carboxylic acids is 1. The van der Waals surface area contributed by atoms with E-state index in [1.54, 1.807) is 37.6 Å². The van der Waals surface area contributed by atoms with Gasteiger partial charge < -0.3 is 19.7 Å². The smallest absolute Gasteiger partial charge is 0.219 e. The molecule has 5 rings (SSSR count). The van der Waals surface area contributed by atoms with Gasteiger partial charge in [0.25, 0.3) is 0 Å². The summed E-state index contributed by atoms with van der Waals surface area (Å²) in [6.45, 7) is 3.30. The number of halogens is 1. The monoisotopic (exact) mass is 504 g/mol. The molecule has 1 fully saturated rings. The molecular weight excluding hydrogens is 480 g/mol. The van der Waals surface area contributed by atoms with Gasteiger partial charge >= 0.3 is 0 Å². The first-order chi connectivity index (χ1) is 17.5. The molecule has 1 aliphatic heterocycles. The molecule has 0 unspecified atom stereocenters. The summed E-state index contributed by atoms with van der Waals surface area (Å²) in [5.41, 5.74) is 2.27. The van der Waals surface area contributed by atoms with Gasteiger partial charge in [0.1, 0.15) is 36.4 Å². The highest BCUT2D eigenvalue weighted by Gasteiger charge is 2.22. The molecule has 36 heavy (non-hydrogen) atoms. The molecule has 0 bridgehead atoms. The Balaban J connectivity index is 1.28. The summed E-state index contributed by atoms with van der Waals surface area (Å²) in [6, 6.07) is 11.2. The van der Waals surface area contributed by atoms with Crippen LogP contribution in [-0.2, 0) is 11.4 Å². The van der Waals surface area contributed by atoms with Crippen molar-refractivity contribution < 1.29 is 14.3 Å². The van der Waals surface area contributed by atoms with Gasteiger partial charge in [0.05, 0.1) is 22.4 Å². The van der Waals surface area contributed by atoms with E-state index in [2.05, 4.69) is 25.3 Å². The number of hydrogen-bond acceptors (Lipinski definition) is 8. The van der Waals surface area contributed by atoms with Gasteiger partial charge in [-0.1, -0.05) is 11.6 Å². The SMILES string of the molecule is CC(=O)N1CCC(Oc2ccc3ncnc(Nc4ccc(OCc5cnccn5)c(Cl)c4)c3c2)CC1. The third kappa shape index (κ3) is 5.63. The molecule has 1 saturated heterocycles. The maximum absolute atomic E-state index is 11.6. The lowest BCUT2D eigenvalue weighted by Crippen LogP contribution is -2.40. The molecule has 2 aromatic carbocycles. The fourth-order valence-electron chi connectivity index (χ4n) is 4.08. The first-order valence-corrected chi connectivity index (χ1v) is 12.0. The Bertz CT molecular complexity index is 1360.